The minimum absolute atomic E-state index is 0.282. The van der Waals surface area contributed by atoms with E-state index in [9.17, 15) is 4.79 Å². The molecule has 0 atom stereocenters. The normalized spacial score (nSPS) is 13.8. The Labute approximate surface area is 257 Å². The van der Waals surface area contributed by atoms with Crippen LogP contribution >= 0.6 is 0 Å². The maximum Gasteiger partial charge on any atom is 0.249 e. The molecule has 3 N–H and O–H groups in total. The van der Waals surface area contributed by atoms with Gasteiger partial charge in [-0.05, 0) is 43.7 Å². The van der Waals surface area contributed by atoms with Crippen LogP contribution in [-0.4, -0.2) is 82.4 Å². The number of ether oxygens (including phenoxy) is 1. The van der Waals surface area contributed by atoms with Gasteiger partial charge in [-0.1, -0.05) is 30.0 Å². The lowest BCUT2D eigenvalue weighted by Gasteiger charge is -2.32. The van der Waals surface area contributed by atoms with Crippen molar-refractivity contribution in [1.82, 2.24) is 29.5 Å². The number of likely N-dealkylation sites (N-methyl/N-ethyl adjacent to an activating group) is 1. The summed E-state index contributed by atoms with van der Waals surface area (Å²) in [6, 6.07) is 8.56. The number of hydrogen-bond donors (Lipinski definition) is 2. The molecule has 2 aromatic heterocycles. The molecular formula is C33H37FN8O2. The molecule has 1 aliphatic heterocycles. The van der Waals surface area contributed by atoms with Crippen molar-refractivity contribution in [2.45, 2.75) is 26.4 Å². The van der Waals surface area contributed by atoms with Crippen LogP contribution in [-0.2, 0) is 17.8 Å². The Bertz CT molecular complexity index is 1670. The maximum absolute atomic E-state index is 15.4. The van der Waals surface area contributed by atoms with E-state index in [4.69, 9.17) is 10.5 Å². The smallest absolute Gasteiger partial charge is 0.249 e. The number of aryl methyl sites for hydroxylation is 2. The highest BCUT2D eigenvalue weighted by molar-refractivity contribution is 6.01. The molecule has 0 radical (unpaired) electrons. The summed E-state index contributed by atoms with van der Waals surface area (Å²) in [6.07, 6.45) is 7.69. The first-order valence-corrected chi connectivity index (χ1v) is 14.6. The molecule has 44 heavy (non-hydrogen) atoms. The number of carbonyl (C=O) groups excluding carboxylic acids is 1. The fourth-order valence-corrected chi connectivity index (χ4v) is 5.09. The minimum Gasteiger partial charge on any atom is -0.385 e. The summed E-state index contributed by atoms with van der Waals surface area (Å²) in [5, 5.41) is 7.46. The van der Waals surface area contributed by atoms with E-state index in [0.717, 1.165) is 50.4 Å². The van der Waals surface area contributed by atoms with Crippen LogP contribution in [0, 0.1) is 24.6 Å². The van der Waals surface area contributed by atoms with E-state index in [2.05, 4.69) is 49.1 Å². The second-order valence-corrected chi connectivity index (χ2v) is 10.9. The predicted molar refractivity (Wildman–Crippen MR) is 168 cm³/mol. The van der Waals surface area contributed by atoms with E-state index < -0.39 is 5.91 Å². The molecule has 1 aliphatic rings. The van der Waals surface area contributed by atoms with Crippen LogP contribution in [0.25, 0.3) is 11.1 Å². The summed E-state index contributed by atoms with van der Waals surface area (Å²) in [7, 11) is 3.77. The first-order chi connectivity index (χ1) is 21.3. The molecule has 4 aromatic rings. The van der Waals surface area contributed by atoms with Gasteiger partial charge in [0.2, 0.25) is 11.9 Å². The summed E-state index contributed by atoms with van der Waals surface area (Å²) in [5.41, 5.74) is 10.5. The van der Waals surface area contributed by atoms with E-state index in [1.54, 1.807) is 43.9 Å². The largest absolute Gasteiger partial charge is 0.385 e. The number of nitrogens with one attached hydrogen (secondary N) is 1. The van der Waals surface area contributed by atoms with Crippen LogP contribution in [0.15, 0.2) is 55.1 Å². The summed E-state index contributed by atoms with van der Waals surface area (Å²) in [5.74, 6) is 5.75. The lowest BCUT2D eigenvalue weighted by Crippen LogP contribution is -2.44. The Morgan fingerprint density at radius 2 is 1.86 bits per heavy atom. The Morgan fingerprint density at radius 1 is 1.09 bits per heavy atom. The molecule has 3 heterocycles. The van der Waals surface area contributed by atoms with Gasteiger partial charge >= 0.3 is 0 Å². The second-order valence-electron chi connectivity index (χ2n) is 10.9. The second kappa shape index (κ2) is 14.2. The number of aromatic nitrogens is 4. The third-order valence-corrected chi connectivity index (χ3v) is 7.62. The van der Waals surface area contributed by atoms with Crippen molar-refractivity contribution in [1.29, 1.82) is 0 Å². The van der Waals surface area contributed by atoms with Crippen molar-refractivity contribution in [2.24, 2.45) is 5.73 Å². The van der Waals surface area contributed by atoms with Crippen molar-refractivity contribution in [2.75, 3.05) is 52.3 Å². The number of nitrogens with two attached hydrogens (primary N) is 1. The molecule has 5 rings (SSSR count). The highest BCUT2D eigenvalue weighted by atomic mass is 19.1. The van der Waals surface area contributed by atoms with E-state index in [0.29, 0.717) is 46.9 Å². The number of piperazine rings is 1. The third kappa shape index (κ3) is 7.65. The zero-order valence-electron chi connectivity index (χ0n) is 25.3. The average molecular weight is 597 g/mol. The Balaban J connectivity index is 1.36. The molecule has 0 spiro atoms. The maximum atomic E-state index is 15.4. The van der Waals surface area contributed by atoms with Crippen LogP contribution in [0.4, 0.5) is 16.0 Å². The number of benzene rings is 2. The van der Waals surface area contributed by atoms with Crippen LogP contribution in [0.2, 0.25) is 0 Å². The zero-order valence-corrected chi connectivity index (χ0v) is 25.3. The lowest BCUT2D eigenvalue weighted by atomic mass is 9.90. The van der Waals surface area contributed by atoms with Crippen molar-refractivity contribution >= 4 is 17.5 Å². The van der Waals surface area contributed by atoms with E-state index in [1.165, 1.54) is 6.07 Å². The van der Waals surface area contributed by atoms with Gasteiger partial charge in [0.1, 0.15) is 5.82 Å². The van der Waals surface area contributed by atoms with Gasteiger partial charge in [-0.3, -0.25) is 14.4 Å². The van der Waals surface area contributed by atoms with E-state index >= 15 is 4.39 Å². The number of hydrogen-bond acceptors (Lipinski definition) is 8. The number of methoxy groups -OCH3 is 1. The van der Waals surface area contributed by atoms with Crippen molar-refractivity contribution in [3.05, 3.63) is 88.8 Å². The number of carbonyl (C=O) groups is 1. The Hall–Kier alpha value is -4.63. The van der Waals surface area contributed by atoms with E-state index in [-0.39, 0.29) is 11.4 Å². The van der Waals surface area contributed by atoms with Gasteiger partial charge in [-0.15, -0.1) is 0 Å². The summed E-state index contributed by atoms with van der Waals surface area (Å²) < 4.78 is 22.3. The van der Waals surface area contributed by atoms with Crippen LogP contribution < -0.4 is 11.1 Å². The molecule has 10 nitrogen and oxygen atoms in total. The quantitative estimate of drug-likeness (QED) is 0.210. The molecule has 1 fully saturated rings. The van der Waals surface area contributed by atoms with Gasteiger partial charge in [-0.2, -0.15) is 5.10 Å². The molecule has 11 heteroatoms. The molecule has 0 unspecified atom stereocenters. The molecule has 0 saturated carbocycles. The Kier molecular flexibility index (Phi) is 9.96. The number of rotatable bonds is 10. The lowest BCUT2D eigenvalue weighted by molar-refractivity contribution is 0.100. The molecule has 1 amide bonds. The molecular weight excluding hydrogens is 559 g/mol. The van der Waals surface area contributed by atoms with E-state index in [1.807, 2.05) is 23.9 Å². The van der Waals surface area contributed by atoms with Crippen molar-refractivity contribution < 1.29 is 13.9 Å². The fraction of sp³-hybridized carbons (Fsp3) is 0.333. The number of primary amides is 1. The third-order valence-electron chi connectivity index (χ3n) is 7.62. The topological polar surface area (TPSA) is 114 Å². The van der Waals surface area contributed by atoms with Crippen molar-refractivity contribution in [3.63, 3.8) is 0 Å². The number of anilines is 2. The van der Waals surface area contributed by atoms with Crippen LogP contribution in [0.5, 0.6) is 0 Å². The first-order valence-electron chi connectivity index (χ1n) is 14.6. The van der Waals surface area contributed by atoms with Gasteiger partial charge in [0.25, 0.3) is 0 Å². The highest BCUT2D eigenvalue weighted by Gasteiger charge is 2.19. The molecule has 2 aromatic carbocycles. The molecule has 1 saturated heterocycles. The average Bonchev–Trinajstić information content (AvgIpc) is 3.46. The predicted octanol–water partition coefficient (Wildman–Crippen LogP) is 3.81. The zero-order chi connectivity index (χ0) is 31.1. The minimum atomic E-state index is -0.606. The number of halogens is 1. The van der Waals surface area contributed by atoms with Crippen LogP contribution in [0.3, 0.4) is 0 Å². The van der Waals surface area contributed by atoms with Gasteiger partial charge < -0.3 is 20.7 Å². The number of amides is 1. The first kappa shape index (κ1) is 30.8. The SMILES string of the molecule is COCCCn1cc(Nc2ncc(C#Cc3c(C)ccc(C(N)=O)c3-c3ccc(CN4CCN(C)CC4)c(F)c3)cn2)cn1. The Morgan fingerprint density at radius 3 is 2.57 bits per heavy atom. The van der Waals surface area contributed by atoms with Crippen LogP contribution in [0.1, 0.15) is 39.0 Å². The highest BCUT2D eigenvalue weighted by Crippen LogP contribution is 2.31. The summed E-state index contributed by atoms with van der Waals surface area (Å²) >= 11 is 0. The summed E-state index contributed by atoms with van der Waals surface area (Å²) in [6.45, 7) is 7.54. The van der Waals surface area contributed by atoms with Gasteiger partial charge in [0.05, 0.1) is 17.4 Å². The van der Waals surface area contributed by atoms with Crippen molar-refractivity contribution in [3.8, 4) is 23.0 Å². The molecule has 228 valence electrons. The standard InChI is InChI=1S/C33H37FN8O2/c1-23-5-9-29(32(35)43)31(25-7-8-26(30(34)17-25)21-41-14-12-40(2)13-15-41)28(23)10-6-24-18-36-33(37-19-24)39-27-20-38-42(22-27)11-4-16-44-3/h5,7-9,17-20,22H,4,11-16,21H2,1-3H3,(H2,35,43)(H,36,37,39). The number of nitrogens with zero attached hydrogens (tertiary/aromatic N) is 6. The molecule has 0 bridgehead atoms. The summed E-state index contributed by atoms with van der Waals surface area (Å²) in [4.78, 5) is 25.7. The monoisotopic (exact) mass is 596 g/mol. The van der Waals surface area contributed by atoms with Gasteiger partial charge in [-0.25, -0.2) is 14.4 Å². The van der Waals surface area contributed by atoms with Gasteiger partial charge in [0.15, 0.2) is 0 Å². The fourth-order valence-electron chi connectivity index (χ4n) is 5.09. The molecule has 0 aliphatic carbocycles. The van der Waals surface area contributed by atoms with Gasteiger partial charge in [0, 0.05) is 93.8 Å².